The van der Waals surface area contributed by atoms with Gasteiger partial charge in [-0.25, -0.2) is 0 Å². The van der Waals surface area contributed by atoms with Crippen molar-refractivity contribution >= 4 is 17.9 Å². The van der Waals surface area contributed by atoms with Crippen LogP contribution in [0.1, 0.15) is 47.5 Å². The number of aldehydes is 1. The topological polar surface area (TPSA) is 17.1 Å². The first-order valence-electron chi connectivity index (χ1n) is 9.50. The molecule has 150 valence electrons. The van der Waals surface area contributed by atoms with Gasteiger partial charge in [-0.2, -0.15) is 0 Å². The molecule has 0 N–H and O–H groups in total. The minimum Gasteiger partial charge on any atom is -0.299 e. The fraction of sp³-hybridized carbons (Fsp3) is 0.269. The highest BCUT2D eigenvalue weighted by molar-refractivity contribution is 6.29. The predicted octanol–water partition coefficient (Wildman–Crippen LogP) is 8.12. The molecule has 0 unspecified atom stereocenters. The summed E-state index contributed by atoms with van der Waals surface area (Å²) in [7, 11) is 0. The third kappa shape index (κ3) is 17.1. The van der Waals surface area contributed by atoms with E-state index in [1.54, 1.807) is 6.08 Å². The summed E-state index contributed by atoms with van der Waals surface area (Å²) in [6.07, 6.45) is 28.2. The van der Waals surface area contributed by atoms with Crippen LogP contribution in [0.25, 0.3) is 0 Å². The lowest BCUT2D eigenvalue weighted by Gasteiger charge is -1.94. The van der Waals surface area contributed by atoms with Gasteiger partial charge in [0, 0.05) is 5.03 Å². The Bertz CT molecular complexity index is 743. The molecule has 28 heavy (non-hydrogen) atoms. The zero-order valence-electron chi connectivity index (χ0n) is 17.8. The summed E-state index contributed by atoms with van der Waals surface area (Å²) < 4.78 is 0. The molecule has 0 aromatic rings. The standard InChI is InChI=1S/C26H33ClO/c1-22(2)12-8-19-26(27)20-10-17-25(5)16-9-15-23(3)13-6-7-14-24(4)18-11-21-28/h6-7,9-18,20-21H,8,19H2,1-5H3. The van der Waals surface area contributed by atoms with Gasteiger partial charge in [0.05, 0.1) is 0 Å². The van der Waals surface area contributed by atoms with Crippen LogP contribution in [0.4, 0.5) is 0 Å². The highest BCUT2D eigenvalue weighted by Crippen LogP contribution is 2.12. The van der Waals surface area contributed by atoms with Gasteiger partial charge < -0.3 is 0 Å². The van der Waals surface area contributed by atoms with Crippen molar-refractivity contribution in [3.63, 3.8) is 0 Å². The van der Waals surface area contributed by atoms with E-state index in [1.165, 1.54) is 11.6 Å². The van der Waals surface area contributed by atoms with Gasteiger partial charge in [-0.15, -0.1) is 0 Å². The largest absolute Gasteiger partial charge is 0.299 e. The molecule has 0 bridgehead atoms. The molecule has 0 saturated carbocycles. The lowest BCUT2D eigenvalue weighted by Crippen LogP contribution is -1.74. The van der Waals surface area contributed by atoms with E-state index < -0.39 is 0 Å². The van der Waals surface area contributed by atoms with Crippen LogP contribution >= 0.6 is 11.6 Å². The maximum absolute atomic E-state index is 10.3. The third-order valence-electron chi connectivity index (χ3n) is 3.56. The normalized spacial score (nSPS) is 14.8. The Balaban J connectivity index is 4.56. The fourth-order valence-electron chi connectivity index (χ4n) is 2.01. The maximum Gasteiger partial charge on any atom is 0.142 e. The molecule has 0 aromatic carbocycles. The Hall–Kier alpha value is -2.38. The summed E-state index contributed by atoms with van der Waals surface area (Å²) in [6.45, 7) is 10.3. The molecule has 0 spiro atoms. The minimum absolute atomic E-state index is 0.775. The second-order valence-corrected chi connectivity index (χ2v) is 7.25. The Morgan fingerprint density at radius 3 is 1.64 bits per heavy atom. The van der Waals surface area contributed by atoms with Gasteiger partial charge in [0.15, 0.2) is 0 Å². The zero-order valence-corrected chi connectivity index (χ0v) is 18.5. The molecule has 0 radical (unpaired) electrons. The molecule has 0 aromatic heterocycles. The summed E-state index contributed by atoms with van der Waals surface area (Å²) in [5.41, 5.74) is 4.66. The van der Waals surface area contributed by atoms with E-state index in [0.29, 0.717) is 0 Å². The van der Waals surface area contributed by atoms with Crippen molar-refractivity contribution in [3.8, 4) is 0 Å². The first-order valence-corrected chi connectivity index (χ1v) is 9.87. The van der Waals surface area contributed by atoms with Gasteiger partial charge >= 0.3 is 0 Å². The van der Waals surface area contributed by atoms with Crippen molar-refractivity contribution in [1.29, 1.82) is 0 Å². The monoisotopic (exact) mass is 396 g/mol. The van der Waals surface area contributed by atoms with Crippen LogP contribution in [0.3, 0.4) is 0 Å². The molecular formula is C26H33ClO. The molecule has 0 fully saturated rings. The predicted molar refractivity (Wildman–Crippen MR) is 126 cm³/mol. The van der Waals surface area contributed by atoms with Crippen LogP contribution in [-0.4, -0.2) is 6.29 Å². The van der Waals surface area contributed by atoms with Crippen LogP contribution in [0.2, 0.25) is 0 Å². The summed E-state index contributed by atoms with van der Waals surface area (Å²) in [4.78, 5) is 10.3. The van der Waals surface area contributed by atoms with E-state index in [9.17, 15) is 4.79 Å². The first-order chi connectivity index (χ1) is 13.3. The van der Waals surface area contributed by atoms with E-state index in [2.05, 4.69) is 45.9 Å². The van der Waals surface area contributed by atoms with E-state index in [-0.39, 0.29) is 0 Å². The molecule has 0 saturated heterocycles. The number of carbonyl (C=O) groups is 1. The molecule has 0 aliphatic carbocycles. The lowest BCUT2D eigenvalue weighted by atomic mass is 10.2. The van der Waals surface area contributed by atoms with E-state index in [1.807, 2.05) is 55.5 Å². The highest BCUT2D eigenvalue weighted by Gasteiger charge is 1.89. The molecule has 0 aliphatic rings. The van der Waals surface area contributed by atoms with E-state index >= 15 is 0 Å². The van der Waals surface area contributed by atoms with Crippen molar-refractivity contribution in [2.75, 3.05) is 0 Å². The van der Waals surface area contributed by atoms with Crippen LogP contribution in [0.5, 0.6) is 0 Å². The minimum atomic E-state index is 0.775. The number of allylic oxidation sites excluding steroid dienone is 18. The van der Waals surface area contributed by atoms with Crippen molar-refractivity contribution in [2.45, 2.75) is 47.5 Å². The van der Waals surface area contributed by atoms with E-state index in [0.717, 1.165) is 40.9 Å². The smallest absolute Gasteiger partial charge is 0.142 e. The van der Waals surface area contributed by atoms with Gasteiger partial charge in [-0.3, -0.25) is 4.79 Å². The fourth-order valence-corrected chi connectivity index (χ4v) is 2.19. The van der Waals surface area contributed by atoms with Gasteiger partial charge in [0.25, 0.3) is 0 Å². The molecule has 0 aliphatic heterocycles. The summed E-state index contributed by atoms with van der Waals surface area (Å²) in [5.74, 6) is 0. The number of hydrogen-bond acceptors (Lipinski definition) is 1. The SMILES string of the molecule is CC(C)=CCCC(Cl)=CC=CC(C)=CC=CC(C)=CC=CC=C(C)C=CC=O. The molecule has 0 amide bonds. The number of hydrogen-bond donors (Lipinski definition) is 0. The molecule has 0 rings (SSSR count). The van der Waals surface area contributed by atoms with Crippen LogP contribution in [0.15, 0.2) is 106 Å². The Kier molecular flexibility index (Phi) is 15.3. The van der Waals surface area contributed by atoms with Crippen LogP contribution in [-0.2, 0) is 4.79 Å². The Labute approximate surface area is 176 Å². The molecule has 1 nitrogen and oxygen atoms in total. The third-order valence-corrected chi connectivity index (χ3v) is 3.87. The van der Waals surface area contributed by atoms with Crippen molar-refractivity contribution < 1.29 is 4.79 Å². The number of carbonyl (C=O) groups excluding carboxylic acids is 1. The second kappa shape index (κ2) is 16.8. The summed E-state index contributed by atoms with van der Waals surface area (Å²) in [6, 6.07) is 0. The number of rotatable bonds is 11. The van der Waals surface area contributed by atoms with Crippen LogP contribution in [0, 0.1) is 0 Å². The van der Waals surface area contributed by atoms with Gasteiger partial charge in [0.2, 0.25) is 0 Å². The lowest BCUT2D eigenvalue weighted by molar-refractivity contribution is -0.104. The average Bonchev–Trinajstić information content (AvgIpc) is 2.63. The van der Waals surface area contributed by atoms with E-state index in [4.69, 9.17) is 11.6 Å². The average molecular weight is 397 g/mol. The Morgan fingerprint density at radius 1 is 0.679 bits per heavy atom. The number of halogens is 1. The molecule has 0 heterocycles. The Morgan fingerprint density at radius 2 is 1.14 bits per heavy atom. The van der Waals surface area contributed by atoms with Gasteiger partial charge in [-0.05, 0) is 59.6 Å². The van der Waals surface area contributed by atoms with Crippen LogP contribution < -0.4 is 0 Å². The van der Waals surface area contributed by atoms with Gasteiger partial charge in [-0.1, -0.05) is 101 Å². The second-order valence-electron chi connectivity index (χ2n) is 6.76. The van der Waals surface area contributed by atoms with Crippen molar-refractivity contribution in [1.82, 2.24) is 0 Å². The molecular weight excluding hydrogens is 364 g/mol. The van der Waals surface area contributed by atoms with Crippen molar-refractivity contribution in [3.05, 3.63) is 106 Å². The summed E-state index contributed by atoms with van der Waals surface area (Å²) in [5, 5.41) is 0.869. The highest BCUT2D eigenvalue weighted by atomic mass is 35.5. The summed E-state index contributed by atoms with van der Waals surface area (Å²) >= 11 is 6.21. The molecule has 0 atom stereocenters. The van der Waals surface area contributed by atoms with Gasteiger partial charge in [0.1, 0.15) is 6.29 Å². The molecule has 2 heteroatoms. The van der Waals surface area contributed by atoms with Crippen molar-refractivity contribution in [2.24, 2.45) is 0 Å². The quantitative estimate of drug-likeness (QED) is 0.149. The zero-order chi connectivity index (χ0) is 21.2. The maximum atomic E-state index is 10.3. The first kappa shape index (κ1) is 25.6.